The maximum Gasteiger partial charge on any atom is 0.337 e. The van der Waals surface area contributed by atoms with Crippen LogP contribution in [0.3, 0.4) is 0 Å². The second-order valence-electron chi connectivity index (χ2n) is 5.21. The number of hydrogen-bond acceptors (Lipinski definition) is 7. The Hall–Kier alpha value is -3.55. The monoisotopic (exact) mass is 372 g/mol. The van der Waals surface area contributed by atoms with E-state index >= 15 is 0 Å². The number of hydrogen-bond donors (Lipinski definition) is 1. The Labute approximate surface area is 156 Å². The van der Waals surface area contributed by atoms with Crippen LogP contribution in [0.1, 0.15) is 15.9 Å². The van der Waals surface area contributed by atoms with Crippen molar-refractivity contribution >= 4 is 18.1 Å². The molecule has 8 heteroatoms. The molecule has 2 aromatic rings. The molecule has 0 bridgehead atoms. The van der Waals surface area contributed by atoms with Crippen LogP contribution in [0.15, 0.2) is 47.6 Å². The molecule has 0 aliphatic carbocycles. The van der Waals surface area contributed by atoms with Crippen LogP contribution in [-0.4, -0.2) is 46.0 Å². The molecule has 2 rings (SSSR count). The number of rotatable bonds is 8. The first kappa shape index (κ1) is 19.8. The van der Waals surface area contributed by atoms with Crippen molar-refractivity contribution in [1.29, 1.82) is 0 Å². The van der Waals surface area contributed by atoms with Crippen LogP contribution in [0, 0.1) is 0 Å². The third kappa shape index (κ3) is 5.74. The molecule has 0 fully saturated rings. The first-order valence-electron chi connectivity index (χ1n) is 7.92. The fourth-order valence-corrected chi connectivity index (χ4v) is 2.10. The predicted octanol–water partition coefficient (Wildman–Crippen LogP) is 2.02. The molecule has 0 radical (unpaired) electrons. The molecule has 0 saturated heterocycles. The number of amides is 1. The van der Waals surface area contributed by atoms with Crippen molar-refractivity contribution in [3.63, 3.8) is 0 Å². The lowest BCUT2D eigenvalue weighted by Crippen LogP contribution is -2.24. The highest BCUT2D eigenvalue weighted by Crippen LogP contribution is 2.26. The van der Waals surface area contributed by atoms with Crippen LogP contribution in [0.2, 0.25) is 0 Å². The molecule has 0 atom stereocenters. The zero-order valence-corrected chi connectivity index (χ0v) is 15.2. The van der Waals surface area contributed by atoms with E-state index in [0.29, 0.717) is 22.8 Å². The fraction of sp³-hybridized carbons (Fsp3) is 0.211. The summed E-state index contributed by atoms with van der Waals surface area (Å²) in [6.45, 7) is -0.221. The van der Waals surface area contributed by atoms with Gasteiger partial charge in [0, 0.05) is 0 Å². The molecule has 0 aliphatic rings. The van der Waals surface area contributed by atoms with Crippen molar-refractivity contribution in [3.05, 3.63) is 53.6 Å². The van der Waals surface area contributed by atoms with Crippen LogP contribution in [0.4, 0.5) is 0 Å². The van der Waals surface area contributed by atoms with Gasteiger partial charge in [-0.3, -0.25) is 4.79 Å². The van der Waals surface area contributed by atoms with E-state index in [1.165, 1.54) is 20.4 Å². The molecule has 0 aromatic heterocycles. The van der Waals surface area contributed by atoms with Gasteiger partial charge in [-0.25, -0.2) is 10.2 Å². The summed E-state index contributed by atoms with van der Waals surface area (Å²) in [7, 11) is 4.39. The van der Waals surface area contributed by atoms with Crippen LogP contribution in [0.25, 0.3) is 0 Å². The van der Waals surface area contributed by atoms with Gasteiger partial charge in [0.15, 0.2) is 18.1 Å². The molecule has 0 spiro atoms. The Balaban J connectivity index is 1.84. The summed E-state index contributed by atoms with van der Waals surface area (Å²) in [4.78, 5) is 23.1. The van der Waals surface area contributed by atoms with Gasteiger partial charge in [-0.15, -0.1) is 0 Å². The first-order valence-corrected chi connectivity index (χ1v) is 7.92. The summed E-state index contributed by atoms with van der Waals surface area (Å²) in [6.07, 6.45) is 1.48. The van der Waals surface area contributed by atoms with Gasteiger partial charge in [-0.2, -0.15) is 5.10 Å². The molecule has 0 heterocycles. The number of ether oxygens (including phenoxy) is 4. The summed E-state index contributed by atoms with van der Waals surface area (Å²) < 4.78 is 20.3. The van der Waals surface area contributed by atoms with Crippen LogP contribution in [-0.2, 0) is 9.53 Å². The van der Waals surface area contributed by atoms with E-state index < -0.39 is 11.9 Å². The zero-order chi connectivity index (χ0) is 19.6. The van der Waals surface area contributed by atoms with Crippen LogP contribution < -0.4 is 19.6 Å². The molecule has 0 aliphatic heterocycles. The molecule has 1 N–H and O–H groups in total. The minimum absolute atomic E-state index is 0.221. The largest absolute Gasteiger partial charge is 0.493 e. The summed E-state index contributed by atoms with van der Waals surface area (Å²) in [5.74, 6) is 0.742. The minimum Gasteiger partial charge on any atom is -0.493 e. The highest BCUT2D eigenvalue weighted by molar-refractivity contribution is 5.89. The molecule has 2 aromatic carbocycles. The van der Waals surface area contributed by atoms with E-state index in [1.54, 1.807) is 49.6 Å². The summed E-state index contributed by atoms with van der Waals surface area (Å²) in [5.41, 5.74) is 3.49. The molecule has 27 heavy (non-hydrogen) atoms. The number of carbonyl (C=O) groups excluding carboxylic acids is 2. The molecular weight excluding hydrogens is 352 g/mol. The highest BCUT2D eigenvalue weighted by Gasteiger charge is 2.06. The summed E-state index contributed by atoms with van der Waals surface area (Å²) in [5, 5.41) is 3.87. The van der Waals surface area contributed by atoms with Gasteiger partial charge in [0.1, 0.15) is 5.75 Å². The first-order chi connectivity index (χ1) is 13.1. The van der Waals surface area contributed by atoms with Gasteiger partial charge in [0.2, 0.25) is 0 Å². The van der Waals surface area contributed by atoms with E-state index in [0.717, 1.165) is 5.56 Å². The summed E-state index contributed by atoms with van der Waals surface area (Å²) in [6, 6.07) is 11.5. The molecule has 142 valence electrons. The lowest BCUT2D eigenvalue weighted by Gasteiger charge is -2.07. The molecule has 8 nitrogen and oxygen atoms in total. The Morgan fingerprint density at radius 3 is 2.33 bits per heavy atom. The lowest BCUT2D eigenvalue weighted by atomic mass is 10.2. The second kappa shape index (κ2) is 9.81. The van der Waals surface area contributed by atoms with Crippen LogP contribution in [0.5, 0.6) is 17.2 Å². The Morgan fingerprint density at radius 2 is 1.70 bits per heavy atom. The molecule has 1 amide bonds. The van der Waals surface area contributed by atoms with Gasteiger partial charge in [-0.05, 0) is 48.0 Å². The quantitative estimate of drug-likeness (QED) is 0.433. The topological polar surface area (TPSA) is 95.5 Å². The highest BCUT2D eigenvalue weighted by atomic mass is 16.5. The van der Waals surface area contributed by atoms with Crippen molar-refractivity contribution < 1.29 is 28.5 Å². The molecular formula is C19H20N2O6. The van der Waals surface area contributed by atoms with Gasteiger partial charge < -0.3 is 18.9 Å². The number of carbonyl (C=O) groups is 2. The average molecular weight is 372 g/mol. The van der Waals surface area contributed by atoms with Gasteiger partial charge in [0.05, 0.1) is 33.1 Å². The fourth-order valence-electron chi connectivity index (χ4n) is 2.10. The van der Waals surface area contributed by atoms with Crippen LogP contribution >= 0.6 is 0 Å². The minimum atomic E-state index is -0.441. The van der Waals surface area contributed by atoms with Gasteiger partial charge in [-0.1, -0.05) is 0 Å². The van der Waals surface area contributed by atoms with Crippen molar-refractivity contribution in [2.45, 2.75) is 0 Å². The zero-order valence-electron chi connectivity index (χ0n) is 15.2. The lowest BCUT2D eigenvalue weighted by molar-refractivity contribution is -0.123. The Bertz CT molecular complexity index is 817. The Kier molecular flexibility index (Phi) is 7.18. The third-order valence-electron chi connectivity index (χ3n) is 3.46. The Morgan fingerprint density at radius 1 is 1.00 bits per heavy atom. The normalized spacial score (nSPS) is 10.3. The second-order valence-corrected chi connectivity index (χ2v) is 5.21. The SMILES string of the molecule is COC(=O)c1ccc(OCC(=O)NN=Cc2ccc(OC)c(OC)c2)cc1. The van der Waals surface area contributed by atoms with E-state index in [1.807, 2.05) is 0 Å². The van der Waals surface area contributed by atoms with Gasteiger partial charge >= 0.3 is 5.97 Å². The van der Waals surface area contributed by atoms with E-state index in [2.05, 4.69) is 15.3 Å². The standard InChI is InChI=1S/C19H20N2O6/c1-24-16-9-4-13(10-17(16)25-2)11-20-21-18(22)12-27-15-7-5-14(6-8-15)19(23)26-3/h4-11H,12H2,1-3H3,(H,21,22). The van der Waals surface area contributed by atoms with Crippen molar-refractivity contribution in [2.75, 3.05) is 27.9 Å². The maximum absolute atomic E-state index is 11.8. The third-order valence-corrected chi connectivity index (χ3v) is 3.46. The maximum atomic E-state index is 11.8. The smallest absolute Gasteiger partial charge is 0.337 e. The van der Waals surface area contributed by atoms with Crippen molar-refractivity contribution in [3.8, 4) is 17.2 Å². The number of hydrazone groups is 1. The average Bonchev–Trinajstić information content (AvgIpc) is 2.71. The molecule has 0 saturated carbocycles. The number of methoxy groups -OCH3 is 3. The number of nitrogens with one attached hydrogen (secondary N) is 1. The van der Waals surface area contributed by atoms with E-state index in [4.69, 9.17) is 14.2 Å². The molecule has 0 unspecified atom stereocenters. The number of benzene rings is 2. The van der Waals surface area contributed by atoms with Crippen molar-refractivity contribution in [2.24, 2.45) is 5.10 Å². The number of esters is 1. The van der Waals surface area contributed by atoms with E-state index in [-0.39, 0.29) is 6.61 Å². The van der Waals surface area contributed by atoms with Gasteiger partial charge in [0.25, 0.3) is 5.91 Å². The predicted molar refractivity (Wildman–Crippen MR) is 98.6 cm³/mol. The summed E-state index contributed by atoms with van der Waals surface area (Å²) >= 11 is 0. The van der Waals surface area contributed by atoms with E-state index in [9.17, 15) is 9.59 Å². The number of nitrogens with zero attached hydrogens (tertiary/aromatic N) is 1. The van der Waals surface area contributed by atoms with Crippen molar-refractivity contribution in [1.82, 2.24) is 5.43 Å².